The molecule has 0 bridgehead atoms. The van der Waals surface area contributed by atoms with Gasteiger partial charge in [0.05, 0.1) is 16.1 Å². The molecule has 8 heteroatoms. The van der Waals surface area contributed by atoms with E-state index in [2.05, 4.69) is 47.3 Å². The van der Waals surface area contributed by atoms with Crippen LogP contribution in [0.25, 0.3) is 0 Å². The lowest BCUT2D eigenvalue weighted by molar-refractivity contribution is 0.408. The average Bonchev–Trinajstić information content (AvgIpc) is 2.50. The number of halogens is 2. The van der Waals surface area contributed by atoms with Gasteiger partial charge in [-0.15, -0.1) is 0 Å². The Morgan fingerprint density at radius 3 is 2.43 bits per heavy atom. The Morgan fingerprint density at radius 1 is 1.14 bits per heavy atom. The maximum atomic E-state index is 5.80. The molecule has 1 heterocycles. The van der Waals surface area contributed by atoms with Crippen LogP contribution in [-0.4, -0.2) is 17.1 Å². The van der Waals surface area contributed by atoms with Crippen molar-refractivity contribution in [1.29, 1.82) is 0 Å². The van der Waals surface area contributed by atoms with Gasteiger partial charge in [0.25, 0.3) is 0 Å². The van der Waals surface area contributed by atoms with E-state index in [4.69, 9.17) is 15.3 Å². The number of nitrogens with zero attached hydrogens (tertiary/aromatic N) is 2. The minimum atomic E-state index is 0.410. The smallest absolute Gasteiger partial charge is 0.224 e. The van der Waals surface area contributed by atoms with E-state index < -0.39 is 0 Å². The zero-order valence-corrected chi connectivity index (χ0v) is 14.7. The summed E-state index contributed by atoms with van der Waals surface area (Å²) in [4.78, 5) is 8.52. The van der Waals surface area contributed by atoms with Crippen LogP contribution in [0.1, 0.15) is 12.7 Å². The van der Waals surface area contributed by atoms with Gasteiger partial charge in [0.15, 0.2) is 0 Å². The first kappa shape index (κ1) is 16.0. The molecule has 0 atom stereocenters. The minimum Gasteiger partial charge on any atom is -0.496 e. The summed E-state index contributed by atoms with van der Waals surface area (Å²) in [6.07, 6.45) is 0.680. The third-order valence-corrected chi connectivity index (χ3v) is 3.87. The number of hydrogen-bond donors (Lipinski definition) is 2. The highest BCUT2D eigenvalue weighted by Crippen LogP contribution is 2.37. The number of hydrazine groups is 1. The fourth-order valence-corrected chi connectivity index (χ4v) is 2.50. The van der Waals surface area contributed by atoms with E-state index in [9.17, 15) is 0 Å². The summed E-state index contributed by atoms with van der Waals surface area (Å²) in [6.45, 7) is 1.96. The molecule has 0 fully saturated rings. The second-order valence-corrected chi connectivity index (χ2v) is 5.73. The van der Waals surface area contributed by atoms with Crippen molar-refractivity contribution in [3.05, 3.63) is 33.0 Å². The first-order valence-corrected chi connectivity index (χ1v) is 7.71. The highest BCUT2D eigenvalue weighted by Gasteiger charge is 2.11. The van der Waals surface area contributed by atoms with E-state index in [1.807, 2.05) is 13.0 Å². The monoisotopic (exact) mass is 416 g/mol. The summed E-state index contributed by atoms with van der Waals surface area (Å²) >= 11 is 6.86. The molecule has 0 unspecified atom stereocenters. The third-order valence-electron chi connectivity index (χ3n) is 2.63. The van der Waals surface area contributed by atoms with Gasteiger partial charge in [-0.2, -0.15) is 4.98 Å². The second-order valence-electron chi connectivity index (χ2n) is 4.02. The lowest BCUT2D eigenvalue weighted by Crippen LogP contribution is -2.10. The van der Waals surface area contributed by atoms with E-state index in [1.54, 1.807) is 19.2 Å². The molecule has 112 valence electrons. The lowest BCUT2D eigenvalue weighted by Gasteiger charge is -2.11. The molecule has 6 nitrogen and oxygen atoms in total. The summed E-state index contributed by atoms with van der Waals surface area (Å²) < 4.78 is 12.5. The van der Waals surface area contributed by atoms with Gasteiger partial charge in [-0.1, -0.05) is 6.92 Å². The highest BCUT2D eigenvalue weighted by atomic mass is 79.9. The molecule has 3 N–H and O–H groups in total. The van der Waals surface area contributed by atoms with Gasteiger partial charge in [0.2, 0.25) is 5.88 Å². The first-order chi connectivity index (χ1) is 10.1. The van der Waals surface area contributed by atoms with Crippen molar-refractivity contribution in [2.75, 3.05) is 12.5 Å². The Morgan fingerprint density at radius 2 is 1.81 bits per heavy atom. The highest BCUT2D eigenvalue weighted by molar-refractivity contribution is 9.11. The molecule has 2 rings (SSSR count). The minimum absolute atomic E-state index is 0.410. The number of ether oxygens (including phenoxy) is 2. The molecule has 0 aliphatic carbocycles. The van der Waals surface area contributed by atoms with Gasteiger partial charge in [-0.05, 0) is 44.0 Å². The molecule has 0 aliphatic rings. The molecule has 1 aromatic carbocycles. The second kappa shape index (κ2) is 7.06. The van der Waals surface area contributed by atoms with Gasteiger partial charge < -0.3 is 14.9 Å². The summed E-state index contributed by atoms with van der Waals surface area (Å²) in [5.41, 5.74) is 2.50. The molecule has 0 saturated heterocycles. The molecular formula is C13H14Br2N4O2. The predicted octanol–water partition coefficient (Wildman–Crippen LogP) is 3.65. The normalized spacial score (nSPS) is 10.3. The number of methoxy groups -OCH3 is 1. The number of benzene rings is 1. The quantitative estimate of drug-likeness (QED) is 0.570. The molecule has 0 saturated carbocycles. The van der Waals surface area contributed by atoms with Gasteiger partial charge >= 0.3 is 0 Å². The Kier molecular flexibility index (Phi) is 5.38. The van der Waals surface area contributed by atoms with Crippen LogP contribution in [0.2, 0.25) is 0 Å². The fourth-order valence-electron chi connectivity index (χ4n) is 1.61. The van der Waals surface area contributed by atoms with Crippen LogP contribution in [-0.2, 0) is 6.42 Å². The largest absolute Gasteiger partial charge is 0.496 e. The van der Waals surface area contributed by atoms with Crippen molar-refractivity contribution in [3.8, 4) is 17.4 Å². The number of nitrogens with one attached hydrogen (secondary N) is 1. The molecule has 0 spiro atoms. The van der Waals surface area contributed by atoms with Gasteiger partial charge in [-0.25, -0.2) is 10.8 Å². The Labute approximate surface area is 139 Å². The van der Waals surface area contributed by atoms with Gasteiger partial charge in [0.1, 0.15) is 23.1 Å². The van der Waals surface area contributed by atoms with Gasteiger partial charge in [0, 0.05) is 12.5 Å². The summed E-state index contributed by atoms with van der Waals surface area (Å²) in [7, 11) is 1.60. The van der Waals surface area contributed by atoms with Crippen molar-refractivity contribution in [1.82, 2.24) is 9.97 Å². The van der Waals surface area contributed by atoms with Crippen LogP contribution in [0, 0.1) is 0 Å². The van der Waals surface area contributed by atoms with Crippen molar-refractivity contribution >= 4 is 37.7 Å². The lowest BCUT2D eigenvalue weighted by atomic mass is 10.3. The summed E-state index contributed by atoms with van der Waals surface area (Å²) in [5.74, 6) is 8.26. The fraction of sp³-hybridized carbons (Fsp3) is 0.231. The molecule has 1 aromatic heterocycles. The molecule has 2 aromatic rings. The van der Waals surface area contributed by atoms with Crippen molar-refractivity contribution < 1.29 is 9.47 Å². The SMILES string of the molecule is CCc1nc(NN)cc(Oc2cc(Br)c(OC)cc2Br)n1. The van der Waals surface area contributed by atoms with Crippen molar-refractivity contribution in [2.45, 2.75) is 13.3 Å². The van der Waals surface area contributed by atoms with E-state index >= 15 is 0 Å². The maximum absolute atomic E-state index is 5.80. The molecule has 21 heavy (non-hydrogen) atoms. The van der Waals surface area contributed by atoms with Crippen molar-refractivity contribution in [2.24, 2.45) is 5.84 Å². The number of anilines is 1. The number of aromatic nitrogens is 2. The maximum Gasteiger partial charge on any atom is 0.224 e. The molecular weight excluding hydrogens is 404 g/mol. The topological polar surface area (TPSA) is 82.3 Å². The number of nitrogens with two attached hydrogens (primary N) is 1. The van der Waals surface area contributed by atoms with Gasteiger partial charge in [-0.3, -0.25) is 0 Å². The Balaban J connectivity index is 2.35. The number of aryl methyl sites for hydroxylation is 1. The number of rotatable bonds is 5. The van der Waals surface area contributed by atoms with Crippen molar-refractivity contribution in [3.63, 3.8) is 0 Å². The third kappa shape index (κ3) is 3.84. The molecule has 0 radical (unpaired) electrons. The van der Waals surface area contributed by atoms with E-state index in [0.29, 0.717) is 35.4 Å². The zero-order valence-electron chi connectivity index (χ0n) is 11.5. The zero-order chi connectivity index (χ0) is 15.4. The van der Waals surface area contributed by atoms with E-state index in [-0.39, 0.29) is 0 Å². The van der Waals surface area contributed by atoms with Crippen LogP contribution >= 0.6 is 31.9 Å². The van der Waals surface area contributed by atoms with E-state index in [1.165, 1.54) is 0 Å². The Bertz CT molecular complexity index is 630. The van der Waals surface area contributed by atoms with Crippen LogP contribution < -0.4 is 20.7 Å². The standard InChI is InChI=1S/C13H14Br2N4O2/c1-3-11-17-12(19-16)6-13(18-11)21-10-5-7(14)9(20-2)4-8(10)15/h4-6H,3,16H2,1-2H3,(H,17,18,19). The molecule has 0 aliphatic heterocycles. The van der Waals surface area contributed by atoms with Crippen LogP contribution in [0.15, 0.2) is 27.1 Å². The molecule has 0 amide bonds. The average molecular weight is 418 g/mol. The Hall–Kier alpha value is -1.38. The van der Waals surface area contributed by atoms with E-state index in [0.717, 1.165) is 8.95 Å². The summed E-state index contributed by atoms with van der Waals surface area (Å²) in [6, 6.07) is 5.24. The predicted molar refractivity (Wildman–Crippen MR) is 87.7 cm³/mol. The summed E-state index contributed by atoms with van der Waals surface area (Å²) in [5, 5.41) is 0. The number of hydrogen-bond acceptors (Lipinski definition) is 6. The van der Waals surface area contributed by atoms with Crippen LogP contribution in [0.5, 0.6) is 17.4 Å². The first-order valence-electron chi connectivity index (χ1n) is 6.12. The van der Waals surface area contributed by atoms with Crippen LogP contribution in [0.4, 0.5) is 5.82 Å². The number of nitrogen functional groups attached to an aromatic ring is 1. The van der Waals surface area contributed by atoms with Crippen LogP contribution in [0.3, 0.4) is 0 Å².